The fraction of sp³-hybridized carbons (Fsp3) is 0.429. The van der Waals surface area contributed by atoms with Crippen LogP contribution < -0.4 is 0 Å². The summed E-state index contributed by atoms with van der Waals surface area (Å²) in [7, 11) is 2.04. The average molecular weight is 298 g/mol. The standard InChI is InChI=1S/C14H16ClNO2S/c1-16-5-6-19-8-11(16)13(17)12-7-9-3-2-4-10(15)14(9)18-12/h2-4,7,11,13,17H,5-6,8H2,1H3. The fourth-order valence-electron chi connectivity index (χ4n) is 2.42. The Kier molecular flexibility index (Phi) is 3.76. The molecule has 5 heteroatoms. The number of thioether (sulfide) groups is 1. The summed E-state index contributed by atoms with van der Waals surface area (Å²) in [5.74, 6) is 2.64. The highest BCUT2D eigenvalue weighted by atomic mass is 35.5. The highest BCUT2D eigenvalue weighted by Crippen LogP contribution is 2.33. The highest BCUT2D eigenvalue weighted by Gasteiger charge is 2.30. The van der Waals surface area contributed by atoms with Gasteiger partial charge >= 0.3 is 0 Å². The molecule has 0 radical (unpaired) electrons. The van der Waals surface area contributed by atoms with Gasteiger partial charge in [-0.2, -0.15) is 11.8 Å². The normalized spacial score (nSPS) is 22.8. The maximum atomic E-state index is 10.5. The topological polar surface area (TPSA) is 36.6 Å². The lowest BCUT2D eigenvalue weighted by molar-refractivity contribution is 0.0602. The molecule has 3 rings (SSSR count). The number of aliphatic hydroxyl groups is 1. The van der Waals surface area contributed by atoms with Crippen LogP contribution in [0.15, 0.2) is 28.7 Å². The zero-order chi connectivity index (χ0) is 13.4. The molecule has 1 aliphatic heterocycles. The molecular formula is C14H16ClNO2S. The minimum absolute atomic E-state index is 0.0955. The van der Waals surface area contributed by atoms with Crippen molar-refractivity contribution in [2.24, 2.45) is 0 Å². The van der Waals surface area contributed by atoms with Gasteiger partial charge < -0.3 is 9.52 Å². The molecule has 2 unspecified atom stereocenters. The lowest BCUT2D eigenvalue weighted by Crippen LogP contribution is -2.43. The van der Waals surface area contributed by atoms with Gasteiger partial charge in [0.15, 0.2) is 5.58 Å². The quantitative estimate of drug-likeness (QED) is 0.924. The van der Waals surface area contributed by atoms with E-state index >= 15 is 0 Å². The van der Waals surface area contributed by atoms with Gasteiger partial charge in [0.25, 0.3) is 0 Å². The van der Waals surface area contributed by atoms with E-state index in [2.05, 4.69) is 4.90 Å². The molecule has 1 N–H and O–H groups in total. The van der Waals surface area contributed by atoms with E-state index in [1.807, 2.05) is 37.0 Å². The number of fused-ring (bicyclic) bond motifs is 1. The molecule has 0 bridgehead atoms. The SMILES string of the molecule is CN1CCSCC1C(O)c1cc2cccc(Cl)c2o1. The maximum Gasteiger partial charge on any atom is 0.152 e. The maximum absolute atomic E-state index is 10.5. The number of benzene rings is 1. The Balaban J connectivity index is 1.92. The third-order valence-electron chi connectivity index (χ3n) is 3.61. The molecule has 1 aromatic heterocycles. The smallest absolute Gasteiger partial charge is 0.152 e. The van der Waals surface area contributed by atoms with Crippen molar-refractivity contribution in [1.29, 1.82) is 0 Å². The number of furan rings is 1. The summed E-state index contributed by atoms with van der Waals surface area (Å²) in [6, 6.07) is 7.61. The molecule has 1 aromatic carbocycles. The molecule has 2 aromatic rings. The van der Waals surface area contributed by atoms with Crippen molar-refractivity contribution in [3.05, 3.63) is 35.0 Å². The molecule has 1 fully saturated rings. The second kappa shape index (κ2) is 5.37. The van der Waals surface area contributed by atoms with E-state index in [0.29, 0.717) is 16.4 Å². The summed E-state index contributed by atoms with van der Waals surface area (Å²) in [4.78, 5) is 2.19. The molecule has 0 amide bonds. The van der Waals surface area contributed by atoms with E-state index in [0.717, 1.165) is 23.4 Å². The minimum Gasteiger partial charge on any atom is -0.457 e. The second-order valence-corrected chi connectivity index (χ2v) is 6.43. The van der Waals surface area contributed by atoms with Gasteiger partial charge in [0.1, 0.15) is 11.9 Å². The minimum atomic E-state index is -0.610. The van der Waals surface area contributed by atoms with Gasteiger partial charge in [0.2, 0.25) is 0 Å². The van der Waals surface area contributed by atoms with Gasteiger partial charge in [0.05, 0.1) is 11.1 Å². The van der Waals surface area contributed by atoms with Gasteiger partial charge in [-0.15, -0.1) is 0 Å². The van der Waals surface area contributed by atoms with E-state index in [1.54, 1.807) is 6.07 Å². The first-order valence-electron chi connectivity index (χ1n) is 6.31. The largest absolute Gasteiger partial charge is 0.457 e. The summed E-state index contributed by atoms with van der Waals surface area (Å²) in [6.45, 7) is 0.993. The van der Waals surface area contributed by atoms with Crippen molar-refractivity contribution in [3.63, 3.8) is 0 Å². The Morgan fingerprint density at radius 1 is 1.53 bits per heavy atom. The Labute approximate surface area is 121 Å². The van der Waals surface area contributed by atoms with Gasteiger partial charge in [0, 0.05) is 23.4 Å². The number of hydrogen-bond acceptors (Lipinski definition) is 4. The summed E-state index contributed by atoms with van der Waals surface area (Å²) < 4.78 is 5.74. The van der Waals surface area contributed by atoms with Crippen molar-refractivity contribution < 1.29 is 9.52 Å². The Morgan fingerprint density at radius 2 is 2.37 bits per heavy atom. The highest BCUT2D eigenvalue weighted by molar-refractivity contribution is 7.99. The third kappa shape index (κ3) is 2.50. The molecule has 0 saturated carbocycles. The first-order valence-corrected chi connectivity index (χ1v) is 7.84. The number of aliphatic hydroxyl groups excluding tert-OH is 1. The van der Waals surface area contributed by atoms with Crippen LogP contribution >= 0.6 is 23.4 Å². The van der Waals surface area contributed by atoms with E-state index in [9.17, 15) is 5.11 Å². The van der Waals surface area contributed by atoms with Crippen LogP contribution in [0.2, 0.25) is 5.02 Å². The summed E-state index contributed by atoms with van der Waals surface area (Å²) in [5.41, 5.74) is 0.657. The van der Waals surface area contributed by atoms with Crippen LogP contribution in [0.5, 0.6) is 0 Å². The van der Waals surface area contributed by atoms with Crippen LogP contribution in [-0.2, 0) is 0 Å². The Hall–Kier alpha value is -0.680. The molecular weight excluding hydrogens is 282 g/mol. The van der Waals surface area contributed by atoms with Crippen LogP contribution in [-0.4, -0.2) is 41.1 Å². The van der Waals surface area contributed by atoms with Gasteiger partial charge in [-0.3, -0.25) is 4.90 Å². The van der Waals surface area contributed by atoms with Gasteiger partial charge in [-0.25, -0.2) is 0 Å². The lowest BCUT2D eigenvalue weighted by atomic mass is 10.1. The van der Waals surface area contributed by atoms with Crippen molar-refractivity contribution in [3.8, 4) is 0 Å². The van der Waals surface area contributed by atoms with E-state index in [-0.39, 0.29) is 6.04 Å². The van der Waals surface area contributed by atoms with E-state index in [1.165, 1.54) is 0 Å². The van der Waals surface area contributed by atoms with Crippen LogP contribution in [0.25, 0.3) is 11.0 Å². The molecule has 102 valence electrons. The number of para-hydroxylation sites is 1. The second-order valence-electron chi connectivity index (χ2n) is 4.87. The molecule has 19 heavy (non-hydrogen) atoms. The summed E-state index contributed by atoms with van der Waals surface area (Å²) >= 11 is 7.97. The number of rotatable bonds is 2. The van der Waals surface area contributed by atoms with Crippen molar-refractivity contribution >= 4 is 34.3 Å². The van der Waals surface area contributed by atoms with Crippen molar-refractivity contribution in [1.82, 2.24) is 4.90 Å². The Bertz CT molecular complexity index is 586. The number of halogens is 1. The predicted molar refractivity (Wildman–Crippen MR) is 79.9 cm³/mol. The predicted octanol–water partition coefficient (Wildman–Crippen LogP) is 3.17. The molecule has 0 spiro atoms. The molecule has 2 heterocycles. The lowest BCUT2D eigenvalue weighted by Gasteiger charge is -2.34. The number of nitrogens with zero attached hydrogens (tertiary/aromatic N) is 1. The zero-order valence-corrected chi connectivity index (χ0v) is 12.2. The first-order chi connectivity index (χ1) is 9.16. The summed E-state index contributed by atoms with van der Waals surface area (Å²) in [5, 5.41) is 12.0. The monoisotopic (exact) mass is 297 g/mol. The van der Waals surface area contributed by atoms with Gasteiger partial charge in [-0.1, -0.05) is 23.7 Å². The molecule has 0 aliphatic carbocycles. The number of likely N-dealkylation sites (N-methyl/N-ethyl adjacent to an activating group) is 1. The third-order valence-corrected chi connectivity index (χ3v) is 4.96. The molecule has 1 saturated heterocycles. The number of hydrogen-bond donors (Lipinski definition) is 1. The van der Waals surface area contributed by atoms with Crippen LogP contribution in [0.3, 0.4) is 0 Å². The molecule has 2 atom stereocenters. The molecule has 1 aliphatic rings. The zero-order valence-electron chi connectivity index (χ0n) is 10.7. The Morgan fingerprint density at radius 3 is 3.11 bits per heavy atom. The van der Waals surface area contributed by atoms with Crippen molar-refractivity contribution in [2.75, 3.05) is 25.1 Å². The van der Waals surface area contributed by atoms with Gasteiger partial charge in [-0.05, 0) is 19.2 Å². The fourth-order valence-corrected chi connectivity index (χ4v) is 3.90. The van der Waals surface area contributed by atoms with E-state index < -0.39 is 6.10 Å². The van der Waals surface area contributed by atoms with Crippen molar-refractivity contribution in [2.45, 2.75) is 12.1 Å². The van der Waals surface area contributed by atoms with E-state index in [4.69, 9.17) is 16.0 Å². The summed E-state index contributed by atoms with van der Waals surface area (Å²) in [6.07, 6.45) is -0.610. The van der Waals surface area contributed by atoms with Crippen LogP contribution in [0.4, 0.5) is 0 Å². The first kappa shape index (κ1) is 13.3. The molecule has 3 nitrogen and oxygen atoms in total. The van der Waals surface area contributed by atoms with Crippen LogP contribution in [0.1, 0.15) is 11.9 Å². The average Bonchev–Trinajstić information content (AvgIpc) is 2.84. The van der Waals surface area contributed by atoms with Crippen LogP contribution in [0, 0.1) is 0 Å².